The Morgan fingerprint density at radius 3 is 2.15 bits per heavy atom. The van der Waals surface area contributed by atoms with Crippen LogP contribution >= 0.6 is 0 Å². The highest BCUT2D eigenvalue weighted by Crippen LogP contribution is 2.14. The maximum atomic E-state index is 11.7. The number of hydrogen-bond acceptors (Lipinski definition) is 3. The molecule has 1 saturated heterocycles. The van der Waals surface area contributed by atoms with Crippen molar-refractivity contribution in [3.05, 3.63) is 12.2 Å². The second-order valence-electron chi connectivity index (χ2n) is 7.75. The molecule has 0 aromatic carbocycles. The van der Waals surface area contributed by atoms with E-state index in [4.69, 9.17) is 9.47 Å². The summed E-state index contributed by atoms with van der Waals surface area (Å²) >= 11 is 0. The van der Waals surface area contributed by atoms with E-state index in [1.165, 1.54) is 70.6 Å². The van der Waals surface area contributed by atoms with Gasteiger partial charge in [0.05, 0.1) is 13.2 Å². The normalized spacial score (nSPS) is 17.2. The van der Waals surface area contributed by atoms with Gasteiger partial charge in [-0.05, 0) is 38.5 Å². The lowest BCUT2D eigenvalue weighted by molar-refractivity contribution is -0.145. The van der Waals surface area contributed by atoms with Gasteiger partial charge in [0.1, 0.15) is 0 Å². The second-order valence-corrected chi connectivity index (χ2v) is 7.75. The molecule has 3 heteroatoms. The maximum Gasteiger partial charge on any atom is 0.305 e. The predicted octanol–water partition coefficient (Wildman–Crippen LogP) is 6.60. The molecule has 0 saturated carbocycles. The molecule has 152 valence electrons. The predicted molar refractivity (Wildman–Crippen MR) is 109 cm³/mol. The quantitative estimate of drug-likeness (QED) is 0.165. The van der Waals surface area contributed by atoms with Crippen molar-refractivity contribution >= 4 is 5.97 Å². The number of rotatable bonds is 17. The lowest BCUT2D eigenvalue weighted by Gasteiger charge is -2.08. The molecule has 0 aromatic rings. The SMILES string of the molecule is CCCCCCCCC=CCCCCCCCC(=O)OCC1CCOC1. The molecular weight excluding hydrogens is 324 g/mol. The van der Waals surface area contributed by atoms with E-state index in [1.54, 1.807) is 0 Å². The van der Waals surface area contributed by atoms with Crippen LogP contribution in [0.3, 0.4) is 0 Å². The minimum atomic E-state index is -0.0328. The molecular formula is C23H42O3. The summed E-state index contributed by atoms with van der Waals surface area (Å²) in [6.45, 7) is 4.38. The van der Waals surface area contributed by atoms with Crippen molar-refractivity contribution < 1.29 is 14.3 Å². The zero-order valence-electron chi connectivity index (χ0n) is 17.2. The van der Waals surface area contributed by atoms with E-state index in [9.17, 15) is 4.79 Å². The van der Waals surface area contributed by atoms with Crippen LogP contribution in [0.1, 0.15) is 103 Å². The lowest BCUT2D eigenvalue weighted by Crippen LogP contribution is -2.13. The minimum absolute atomic E-state index is 0.0328. The van der Waals surface area contributed by atoms with Gasteiger partial charge in [0.15, 0.2) is 0 Å². The first kappa shape index (κ1) is 23.2. The number of unbranched alkanes of at least 4 members (excludes halogenated alkanes) is 11. The summed E-state index contributed by atoms with van der Waals surface area (Å²) in [5, 5.41) is 0. The average molecular weight is 367 g/mol. The van der Waals surface area contributed by atoms with Gasteiger partial charge in [0, 0.05) is 18.9 Å². The number of hydrogen-bond donors (Lipinski definition) is 0. The number of allylic oxidation sites excluding steroid dienone is 2. The number of ether oxygens (including phenoxy) is 2. The van der Waals surface area contributed by atoms with Crippen molar-refractivity contribution in [2.75, 3.05) is 19.8 Å². The zero-order valence-corrected chi connectivity index (χ0v) is 17.2. The van der Waals surface area contributed by atoms with Crippen LogP contribution in [0, 0.1) is 5.92 Å². The molecule has 26 heavy (non-hydrogen) atoms. The monoisotopic (exact) mass is 366 g/mol. The van der Waals surface area contributed by atoms with Gasteiger partial charge < -0.3 is 9.47 Å². The molecule has 0 bridgehead atoms. The highest BCUT2D eigenvalue weighted by atomic mass is 16.5. The molecule has 1 unspecified atom stereocenters. The largest absolute Gasteiger partial charge is 0.465 e. The Hall–Kier alpha value is -0.830. The van der Waals surface area contributed by atoms with Crippen molar-refractivity contribution in [3.8, 4) is 0 Å². The molecule has 0 aromatic heterocycles. The van der Waals surface area contributed by atoms with E-state index >= 15 is 0 Å². The molecule has 0 radical (unpaired) electrons. The van der Waals surface area contributed by atoms with Crippen molar-refractivity contribution in [2.45, 2.75) is 103 Å². The molecule has 1 fully saturated rings. The number of carbonyl (C=O) groups is 1. The van der Waals surface area contributed by atoms with Crippen LogP contribution in [0.2, 0.25) is 0 Å². The van der Waals surface area contributed by atoms with Crippen molar-refractivity contribution in [1.82, 2.24) is 0 Å². The van der Waals surface area contributed by atoms with Gasteiger partial charge in [0.25, 0.3) is 0 Å². The molecule has 1 aliphatic rings. The van der Waals surface area contributed by atoms with Gasteiger partial charge >= 0.3 is 5.97 Å². The average Bonchev–Trinajstić information content (AvgIpc) is 3.17. The Morgan fingerprint density at radius 1 is 0.923 bits per heavy atom. The van der Waals surface area contributed by atoms with Crippen LogP contribution in [0.15, 0.2) is 12.2 Å². The summed E-state index contributed by atoms with van der Waals surface area (Å²) in [7, 11) is 0. The van der Waals surface area contributed by atoms with E-state index in [0.717, 1.165) is 32.5 Å². The summed E-state index contributed by atoms with van der Waals surface area (Å²) in [6.07, 6.45) is 23.0. The third-order valence-electron chi connectivity index (χ3n) is 5.15. The van der Waals surface area contributed by atoms with Gasteiger partial charge in [-0.25, -0.2) is 0 Å². The summed E-state index contributed by atoms with van der Waals surface area (Å²) in [6, 6.07) is 0. The molecule has 1 rings (SSSR count). The van der Waals surface area contributed by atoms with Crippen LogP contribution in [0.25, 0.3) is 0 Å². The van der Waals surface area contributed by atoms with Gasteiger partial charge in [-0.15, -0.1) is 0 Å². The van der Waals surface area contributed by atoms with Crippen molar-refractivity contribution in [1.29, 1.82) is 0 Å². The molecule has 0 amide bonds. The summed E-state index contributed by atoms with van der Waals surface area (Å²) < 4.78 is 10.6. The Labute approximate surface area is 161 Å². The van der Waals surface area contributed by atoms with E-state index < -0.39 is 0 Å². The second kappa shape index (κ2) is 17.6. The molecule has 0 spiro atoms. The maximum absolute atomic E-state index is 11.7. The first-order valence-corrected chi connectivity index (χ1v) is 11.2. The fourth-order valence-electron chi connectivity index (χ4n) is 3.34. The summed E-state index contributed by atoms with van der Waals surface area (Å²) in [5.41, 5.74) is 0. The Morgan fingerprint density at radius 2 is 1.54 bits per heavy atom. The summed E-state index contributed by atoms with van der Waals surface area (Å²) in [4.78, 5) is 11.7. The van der Waals surface area contributed by atoms with Crippen LogP contribution in [0.4, 0.5) is 0 Å². The van der Waals surface area contributed by atoms with Crippen LogP contribution in [0.5, 0.6) is 0 Å². The minimum Gasteiger partial charge on any atom is -0.465 e. The smallest absolute Gasteiger partial charge is 0.305 e. The van der Waals surface area contributed by atoms with Crippen LogP contribution < -0.4 is 0 Å². The molecule has 1 aliphatic heterocycles. The molecule has 1 atom stereocenters. The fourth-order valence-corrected chi connectivity index (χ4v) is 3.34. The van der Waals surface area contributed by atoms with Crippen LogP contribution in [-0.4, -0.2) is 25.8 Å². The van der Waals surface area contributed by atoms with Gasteiger partial charge in [-0.1, -0.05) is 70.4 Å². The topological polar surface area (TPSA) is 35.5 Å². The first-order chi connectivity index (χ1) is 12.8. The van der Waals surface area contributed by atoms with Gasteiger partial charge in [-0.3, -0.25) is 4.79 Å². The Balaban J connectivity index is 1.76. The van der Waals surface area contributed by atoms with Gasteiger partial charge in [-0.2, -0.15) is 0 Å². The first-order valence-electron chi connectivity index (χ1n) is 11.2. The van der Waals surface area contributed by atoms with Gasteiger partial charge in [0.2, 0.25) is 0 Å². The Kier molecular flexibility index (Phi) is 15.7. The molecule has 0 aliphatic carbocycles. The molecule has 0 N–H and O–H groups in total. The van der Waals surface area contributed by atoms with Crippen molar-refractivity contribution in [3.63, 3.8) is 0 Å². The third-order valence-corrected chi connectivity index (χ3v) is 5.15. The number of carbonyl (C=O) groups excluding carboxylic acids is 1. The van der Waals surface area contributed by atoms with E-state index in [-0.39, 0.29) is 5.97 Å². The van der Waals surface area contributed by atoms with Crippen LogP contribution in [-0.2, 0) is 14.3 Å². The third kappa shape index (κ3) is 14.4. The van der Waals surface area contributed by atoms with E-state index in [2.05, 4.69) is 19.1 Å². The van der Waals surface area contributed by atoms with E-state index in [0.29, 0.717) is 18.9 Å². The Bertz CT molecular complexity index is 345. The lowest BCUT2D eigenvalue weighted by atomic mass is 10.1. The standard InChI is InChI=1S/C23H42O3/c1-2-3-4-5-6-7-8-9-10-11-12-13-14-15-16-17-23(24)26-21-22-18-19-25-20-22/h9-10,22H,2-8,11-21H2,1H3. The summed E-state index contributed by atoms with van der Waals surface area (Å²) in [5.74, 6) is 0.391. The fraction of sp³-hybridized carbons (Fsp3) is 0.870. The highest BCUT2D eigenvalue weighted by molar-refractivity contribution is 5.69. The molecule has 1 heterocycles. The molecule has 3 nitrogen and oxygen atoms in total. The van der Waals surface area contributed by atoms with Crippen molar-refractivity contribution in [2.24, 2.45) is 5.92 Å². The van der Waals surface area contributed by atoms with E-state index in [1.807, 2.05) is 0 Å². The highest BCUT2D eigenvalue weighted by Gasteiger charge is 2.17. The number of esters is 1. The zero-order chi connectivity index (χ0) is 18.7.